The van der Waals surface area contributed by atoms with Crippen LogP contribution >= 0.6 is 23.4 Å². The van der Waals surface area contributed by atoms with E-state index >= 15 is 0 Å². The highest BCUT2D eigenvalue weighted by molar-refractivity contribution is 7.98. The molecule has 0 saturated carbocycles. The number of amides is 1. The Morgan fingerprint density at radius 2 is 2.10 bits per heavy atom. The van der Waals surface area contributed by atoms with Crippen LogP contribution < -0.4 is 10.1 Å². The van der Waals surface area contributed by atoms with Crippen LogP contribution in [0.3, 0.4) is 0 Å². The smallest absolute Gasteiger partial charge is 0.262 e. The van der Waals surface area contributed by atoms with Crippen LogP contribution in [0.25, 0.3) is 0 Å². The summed E-state index contributed by atoms with van der Waals surface area (Å²) in [5.74, 6) is 0.301. The Bertz CT molecular complexity index is 646. The van der Waals surface area contributed by atoms with Crippen LogP contribution in [-0.2, 0) is 4.79 Å². The van der Waals surface area contributed by atoms with Crippen LogP contribution in [0.4, 0.5) is 5.69 Å². The number of carbonyl (C=O) groups excluding carboxylic acids is 1. The molecule has 0 aliphatic rings. The summed E-state index contributed by atoms with van der Waals surface area (Å²) < 4.78 is 5.46. The first-order chi connectivity index (χ1) is 10.1. The molecule has 2 aromatic rings. The molecule has 0 heterocycles. The van der Waals surface area contributed by atoms with Gasteiger partial charge in [0.1, 0.15) is 5.75 Å². The van der Waals surface area contributed by atoms with Gasteiger partial charge in [-0.25, -0.2) is 0 Å². The van der Waals surface area contributed by atoms with Crippen molar-refractivity contribution in [1.29, 1.82) is 0 Å². The van der Waals surface area contributed by atoms with Crippen molar-refractivity contribution in [2.24, 2.45) is 0 Å². The number of benzene rings is 2. The third-order valence-electron chi connectivity index (χ3n) is 2.80. The number of hydrogen-bond acceptors (Lipinski definition) is 3. The number of hydrogen-bond donors (Lipinski definition) is 1. The second-order valence-corrected chi connectivity index (χ2v) is 5.79. The highest BCUT2D eigenvalue weighted by Crippen LogP contribution is 2.25. The molecule has 0 atom stereocenters. The van der Waals surface area contributed by atoms with Gasteiger partial charge in [0.2, 0.25) is 0 Å². The first-order valence-corrected chi connectivity index (χ1v) is 8.01. The number of aryl methyl sites for hydroxylation is 1. The van der Waals surface area contributed by atoms with E-state index in [1.165, 1.54) is 0 Å². The third-order valence-corrected chi connectivity index (χ3v) is 3.84. The Morgan fingerprint density at radius 3 is 2.86 bits per heavy atom. The molecule has 3 nitrogen and oxygen atoms in total. The minimum atomic E-state index is -0.217. The fraction of sp³-hybridized carbons (Fsp3) is 0.188. The van der Waals surface area contributed by atoms with Crippen molar-refractivity contribution in [3.05, 3.63) is 53.1 Å². The first-order valence-electron chi connectivity index (χ1n) is 6.41. The van der Waals surface area contributed by atoms with Crippen LogP contribution in [0.1, 0.15) is 5.56 Å². The van der Waals surface area contributed by atoms with Crippen LogP contribution in [0, 0.1) is 6.92 Å². The van der Waals surface area contributed by atoms with E-state index in [0.717, 1.165) is 16.1 Å². The molecule has 5 heteroatoms. The molecular formula is C16H16ClNO2S. The van der Waals surface area contributed by atoms with Gasteiger partial charge in [0.15, 0.2) is 6.61 Å². The van der Waals surface area contributed by atoms with Crippen LogP contribution in [0.15, 0.2) is 47.4 Å². The summed E-state index contributed by atoms with van der Waals surface area (Å²) >= 11 is 7.64. The van der Waals surface area contributed by atoms with Gasteiger partial charge in [-0.05, 0) is 49.1 Å². The molecule has 0 fully saturated rings. The minimum absolute atomic E-state index is 0.0767. The monoisotopic (exact) mass is 321 g/mol. The zero-order valence-corrected chi connectivity index (χ0v) is 13.4. The van der Waals surface area contributed by atoms with Gasteiger partial charge in [0.05, 0.1) is 5.02 Å². The Kier molecular flexibility index (Phi) is 5.53. The number of carbonyl (C=O) groups is 1. The molecule has 0 spiro atoms. The number of ether oxygens (including phenoxy) is 1. The molecule has 1 amide bonds. The second kappa shape index (κ2) is 7.38. The van der Waals surface area contributed by atoms with E-state index in [-0.39, 0.29) is 12.5 Å². The standard InChI is InChI=1S/C16H16ClNO2S/c1-11-6-7-14(17)15(8-11)20-10-16(19)18-12-4-3-5-13(9-12)21-2/h3-9H,10H2,1-2H3,(H,18,19). The maximum absolute atomic E-state index is 11.9. The molecule has 0 saturated heterocycles. The third kappa shape index (κ3) is 4.69. The average Bonchev–Trinajstić information content (AvgIpc) is 2.48. The summed E-state index contributed by atoms with van der Waals surface area (Å²) in [5, 5.41) is 3.30. The fourth-order valence-electron chi connectivity index (χ4n) is 1.76. The number of thioether (sulfide) groups is 1. The molecule has 0 radical (unpaired) electrons. The molecule has 1 N–H and O–H groups in total. The number of anilines is 1. The van der Waals surface area contributed by atoms with E-state index in [9.17, 15) is 4.79 Å². The maximum atomic E-state index is 11.9. The maximum Gasteiger partial charge on any atom is 0.262 e. The lowest BCUT2D eigenvalue weighted by atomic mass is 10.2. The van der Waals surface area contributed by atoms with Gasteiger partial charge in [-0.1, -0.05) is 23.7 Å². The van der Waals surface area contributed by atoms with E-state index in [1.807, 2.05) is 49.6 Å². The average molecular weight is 322 g/mol. The van der Waals surface area contributed by atoms with Crippen LogP contribution in [-0.4, -0.2) is 18.8 Å². The fourth-order valence-corrected chi connectivity index (χ4v) is 2.39. The van der Waals surface area contributed by atoms with Gasteiger partial charge in [0.25, 0.3) is 5.91 Å². The minimum Gasteiger partial charge on any atom is -0.482 e. The Hall–Kier alpha value is -1.65. The first kappa shape index (κ1) is 15.7. The van der Waals surface area contributed by atoms with Gasteiger partial charge in [-0.2, -0.15) is 0 Å². The predicted molar refractivity (Wildman–Crippen MR) is 88.5 cm³/mol. The van der Waals surface area contributed by atoms with E-state index in [0.29, 0.717) is 10.8 Å². The lowest BCUT2D eigenvalue weighted by Crippen LogP contribution is -2.20. The molecule has 110 valence electrons. The van der Waals surface area contributed by atoms with Crippen LogP contribution in [0.5, 0.6) is 5.75 Å². The summed E-state index contributed by atoms with van der Waals surface area (Å²) in [4.78, 5) is 13.0. The van der Waals surface area contributed by atoms with Gasteiger partial charge in [0, 0.05) is 10.6 Å². The van der Waals surface area contributed by atoms with Crippen molar-refractivity contribution < 1.29 is 9.53 Å². The Balaban J connectivity index is 1.94. The molecule has 2 rings (SSSR count). The lowest BCUT2D eigenvalue weighted by Gasteiger charge is -2.10. The zero-order chi connectivity index (χ0) is 15.2. The molecule has 0 aliphatic heterocycles. The van der Waals surface area contributed by atoms with E-state index < -0.39 is 0 Å². The largest absolute Gasteiger partial charge is 0.482 e. The molecule has 0 bridgehead atoms. The molecule has 0 aliphatic carbocycles. The summed E-state index contributed by atoms with van der Waals surface area (Å²) in [7, 11) is 0. The quantitative estimate of drug-likeness (QED) is 0.830. The summed E-state index contributed by atoms with van der Waals surface area (Å²) in [6, 6.07) is 13.1. The molecular weight excluding hydrogens is 306 g/mol. The predicted octanol–water partition coefficient (Wildman–Crippen LogP) is 4.39. The van der Waals surface area contributed by atoms with E-state index in [1.54, 1.807) is 17.8 Å². The number of rotatable bonds is 5. The van der Waals surface area contributed by atoms with Gasteiger partial charge in [-0.3, -0.25) is 4.79 Å². The summed E-state index contributed by atoms with van der Waals surface area (Å²) in [6.45, 7) is 1.86. The lowest BCUT2D eigenvalue weighted by molar-refractivity contribution is -0.118. The Labute approximate surface area is 133 Å². The van der Waals surface area contributed by atoms with Crippen molar-refractivity contribution >= 4 is 35.0 Å². The zero-order valence-electron chi connectivity index (χ0n) is 11.9. The summed E-state index contributed by atoms with van der Waals surface area (Å²) in [5.41, 5.74) is 1.79. The highest BCUT2D eigenvalue weighted by atomic mass is 35.5. The SMILES string of the molecule is CSc1cccc(NC(=O)COc2cc(C)ccc2Cl)c1. The van der Waals surface area contributed by atoms with Crippen LogP contribution in [0.2, 0.25) is 5.02 Å². The summed E-state index contributed by atoms with van der Waals surface area (Å²) in [6.07, 6.45) is 1.99. The van der Waals surface area contributed by atoms with Gasteiger partial charge < -0.3 is 10.1 Å². The number of nitrogens with one attached hydrogen (secondary N) is 1. The van der Waals surface area contributed by atoms with Gasteiger partial charge >= 0.3 is 0 Å². The van der Waals surface area contributed by atoms with Crippen molar-refractivity contribution in [1.82, 2.24) is 0 Å². The molecule has 2 aromatic carbocycles. The highest BCUT2D eigenvalue weighted by Gasteiger charge is 2.07. The molecule has 0 unspecified atom stereocenters. The van der Waals surface area contributed by atoms with E-state index in [4.69, 9.17) is 16.3 Å². The topological polar surface area (TPSA) is 38.3 Å². The van der Waals surface area contributed by atoms with Gasteiger partial charge in [-0.15, -0.1) is 11.8 Å². The van der Waals surface area contributed by atoms with Crippen molar-refractivity contribution in [3.63, 3.8) is 0 Å². The number of halogens is 1. The normalized spacial score (nSPS) is 10.2. The van der Waals surface area contributed by atoms with Crippen molar-refractivity contribution in [3.8, 4) is 5.75 Å². The molecule has 0 aromatic heterocycles. The molecule has 21 heavy (non-hydrogen) atoms. The Morgan fingerprint density at radius 1 is 1.29 bits per heavy atom. The van der Waals surface area contributed by atoms with Crippen molar-refractivity contribution in [2.45, 2.75) is 11.8 Å². The second-order valence-electron chi connectivity index (χ2n) is 4.50. The van der Waals surface area contributed by atoms with E-state index in [2.05, 4.69) is 5.32 Å². The van der Waals surface area contributed by atoms with Crippen molar-refractivity contribution in [2.75, 3.05) is 18.2 Å².